The van der Waals surface area contributed by atoms with Gasteiger partial charge in [-0.2, -0.15) is 0 Å². The van der Waals surface area contributed by atoms with Gasteiger partial charge in [0.05, 0.1) is 12.3 Å². The summed E-state index contributed by atoms with van der Waals surface area (Å²) in [6.45, 7) is 7.55. The molecule has 0 heterocycles. The number of aliphatic hydroxyl groups excluding tert-OH is 1. The number of allylic oxidation sites excluding steroid dienone is 1. The van der Waals surface area contributed by atoms with Crippen LogP contribution in [-0.4, -0.2) is 17.4 Å². The topological polar surface area (TPSA) is 32.6 Å². The van der Waals surface area contributed by atoms with Gasteiger partial charge in [0.25, 0.3) is 0 Å². The highest BCUT2D eigenvalue weighted by Gasteiger charge is 2.06. The van der Waals surface area contributed by atoms with Crippen molar-refractivity contribution in [1.82, 2.24) is 0 Å². The first-order valence-corrected chi connectivity index (χ1v) is 6.60. The normalized spacial score (nSPS) is 11.6. The summed E-state index contributed by atoms with van der Waals surface area (Å²) < 4.78 is 13.9. The monoisotopic (exact) mass is 263 g/mol. The predicted molar refractivity (Wildman–Crippen MR) is 78.1 cm³/mol. The van der Waals surface area contributed by atoms with Gasteiger partial charge in [0.15, 0.2) is 0 Å². The second-order valence-corrected chi connectivity index (χ2v) is 4.86. The van der Waals surface area contributed by atoms with Crippen molar-refractivity contribution in [3.8, 4) is 0 Å². The Balaban J connectivity index is 3.07. The van der Waals surface area contributed by atoms with Gasteiger partial charge in [-0.3, -0.25) is 4.99 Å². The second-order valence-electron chi connectivity index (χ2n) is 4.86. The molecule has 2 nitrogen and oxygen atoms in total. The molecule has 0 aliphatic carbocycles. The lowest BCUT2D eigenvalue weighted by atomic mass is 10.0. The third-order valence-electron chi connectivity index (χ3n) is 3.02. The first kappa shape index (κ1) is 15.6. The van der Waals surface area contributed by atoms with Crippen LogP contribution in [0.3, 0.4) is 0 Å². The minimum Gasteiger partial charge on any atom is -0.390 e. The fraction of sp³-hybridized carbons (Fsp3) is 0.438. The predicted octanol–water partition coefficient (Wildman–Crippen LogP) is 3.87. The molecule has 0 aromatic heterocycles. The van der Waals surface area contributed by atoms with Crippen molar-refractivity contribution >= 4 is 5.71 Å². The number of aliphatic imine (C=N–C) groups is 1. The summed E-state index contributed by atoms with van der Waals surface area (Å²) in [5.74, 6) is -0.184. The Morgan fingerprint density at radius 2 is 1.95 bits per heavy atom. The molecule has 1 aromatic rings. The molecule has 3 heteroatoms. The van der Waals surface area contributed by atoms with E-state index in [0.717, 1.165) is 29.5 Å². The molecule has 0 aliphatic heterocycles. The Morgan fingerprint density at radius 3 is 2.42 bits per heavy atom. The molecule has 0 atom stereocenters. The molecule has 19 heavy (non-hydrogen) atoms. The van der Waals surface area contributed by atoms with Crippen LogP contribution < -0.4 is 0 Å². The summed E-state index contributed by atoms with van der Waals surface area (Å²) in [6, 6.07) is 5.21. The highest BCUT2D eigenvalue weighted by Crippen LogP contribution is 2.15. The summed E-state index contributed by atoms with van der Waals surface area (Å²) in [5, 5.41) is 9.22. The Labute approximate surface area is 114 Å². The SMILES string of the molecule is CCCc1ccc(C(C)=NC(CO)=C(C)C)cc1F. The van der Waals surface area contributed by atoms with Crippen molar-refractivity contribution in [2.45, 2.75) is 40.5 Å². The van der Waals surface area contributed by atoms with E-state index in [2.05, 4.69) is 4.99 Å². The largest absolute Gasteiger partial charge is 0.390 e. The number of hydrogen-bond donors (Lipinski definition) is 1. The van der Waals surface area contributed by atoms with E-state index in [-0.39, 0.29) is 12.4 Å². The molecule has 1 rings (SSSR count). The van der Waals surface area contributed by atoms with Gasteiger partial charge in [0.2, 0.25) is 0 Å². The molecule has 0 radical (unpaired) electrons. The lowest BCUT2D eigenvalue weighted by molar-refractivity contribution is 0.328. The fourth-order valence-corrected chi connectivity index (χ4v) is 1.82. The maximum Gasteiger partial charge on any atom is 0.127 e. The summed E-state index contributed by atoms with van der Waals surface area (Å²) in [7, 11) is 0. The van der Waals surface area contributed by atoms with Crippen LogP contribution in [0.1, 0.15) is 45.2 Å². The van der Waals surface area contributed by atoms with Crippen LogP contribution in [0.4, 0.5) is 4.39 Å². The Morgan fingerprint density at radius 1 is 1.26 bits per heavy atom. The molecule has 0 amide bonds. The standard InChI is InChI=1S/C16H22FNO/c1-5-6-13-7-8-14(9-15(13)17)12(4)18-16(10-19)11(2)3/h7-9,19H,5-6,10H2,1-4H3. The molecule has 0 unspecified atom stereocenters. The molecule has 0 saturated heterocycles. The van der Waals surface area contributed by atoms with Crippen LogP contribution in [-0.2, 0) is 6.42 Å². The van der Waals surface area contributed by atoms with Crippen molar-refractivity contribution < 1.29 is 9.50 Å². The van der Waals surface area contributed by atoms with Crippen molar-refractivity contribution in [2.24, 2.45) is 4.99 Å². The van der Waals surface area contributed by atoms with Crippen LogP contribution in [0.5, 0.6) is 0 Å². The van der Waals surface area contributed by atoms with Crippen LogP contribution in [0.15, 0.2) is 34.5 Å². The molecular weight excluding hydrogens is 241 g/mol. The van der Waals surface area contributed by atoms with E-state index in [4.69, 9.17) is 0 Å². The van der Waals surface area contributed by atoms with Gasteiger partial charge in [-0.1, -0.05) is 31.1 Å². The van der Waals surface area contributed by atoms with Gasteiger partial charge in [-0.05, 0) is 44.4 Å². The van der Waals surface area contributed by atoms with Crippen LogP contribution in [0.2, 0.25) is 0 Å². The number of nitrogens with zero attached hydrogens (tertiary/aromatic N) is 1. The smallest absolute Gasteiger partial charge is 0.127 e. The van der Waals surface area contributed by atoms with E-state index < -0.39 is 0 Å². The summed E-state index contributed by atoms with van der Waals surface area (Å²) in [6.07, 6.45) is 1.67. The van der Waals surface area contributed by atoms with Gasteiger partial charge in [0.1, 0.15) is 5.82 Å². The molecule has 0 saturated carbocycles. The lowest BCUT2D eigenvalue weighted by Crippen LogP contribution is -2.01. The van der Waals surface area contributed by atoms with Crippen LogP contribution in [0.25, 0.3) is 0 Å². The highest BCUT2D eigenvalue weighted by atomic mass is 19.1. The van der Waals surface area contributed by atoms with E-state index in [1.54, 1.807) is 0 Å². The number of halogens is 1. The zero-order chi connectivity index (χ0) is 14.4. The van der Waals surface area contributed by atoms with E-state index >= 15 is 0 Å². The minimum atomic E-state index is -0.184. The lowest BCUT2D eigenvalue weighted by Gasteiger charge is -2.07. The zero-order valence-corrected chi connectivity index (χ0v) is 12.1. The van der Waals surface area contributed by atoms with Gasteiger partial charge in [-0.25, -0.2) is 4.39 Å². The second kappa shape index (κ2) is 7.19. The van der Waals surface area contributed by atoms with Crippen molar-refractivity contribution in [2.75, 3.05) is 6.61 Å². The van der Waals surface area contributed by atoms with Crippen LogP contribution >= 0.6 is 0 Å². The summed E-state index contributed by atoms with van der Waals surface area (Å²) in [5.41, 5.74) is 3.81. The molecule has 0 bridgehead atoms. The minimum absolute atomic E-state index is 0.101. The van der Waals surface area contributed by atoms with Gasteiger partial charge < -0.3 is 5.11 Å². The first-order chi connectivity index (χ1) is 8.99. The van der Waals surface area contributed by atoms with Gasteiger partial charge in [0, 0.05) is 5.71 Å². The Kier molecular flexibility index (Phi) is 5.90. The van der Waals surface area contributed by atoms with Gasteiger partial charge >= 0.3 is 0 Å². The Hall–Kier alpha value is -1.48. The molecule has 1 N–H and O–H groups in total. The fourth-order valence-electron chi connectivity index (χ4n) is 1.82. The molecular formula is C16H22FNO. The number of aliphatic hydroxyl groups is 1. The zero-order valence-electron chi connectivity index (χ0n) is 12.1. The number of hydrogen-bond acceptors (Lipinski definition) is 2. The van der Waals surface area contributed by atoms with E-state index in [9.17, 15) is 9.50 Å². The number of rotatable bonds is 5. The molecule has 0 fully saturated rings. The maximum absolute atomic E-state index is 13.9. The Bertz CT molecular complexity index is 499. The number of benzene rings is 1. The van der Waals surface area contributed by atoms with E-state index in [1.807, 2.05) is 39.8 Å². The van der Waals surface area contributed by atoms with Crippen molar-refractivity contribution in [3.05, 3.63) is 46.4 Å². The summed E-state index contributed by atoms with van der Waals surface area (Å²) >= 11 is 0. The third-order valence-corrected chi connectivity index (χ3v) is 3.02. The molecule has 0 aliphatic rings. The maximum atomic E-state index is 13.9. The third kappa shape index (κ3) is 4.28. The summed E-state index contributed by atoms with van der Waals surface area (Å²) in [4.78, 5) is 4.36. The van der Waals surface area contributed by atoms with Gasteiger partial charge in [-0.15, -0.1) is 0 Å². The number of aryl methyl sites for hydroxylation is 1. The molecule has 104 valence electrons. The van der Waals surface area contributed by atoms with Crippen molar-refractivity contribution in [1.29, 1.82) is 0 Å². The first-order valence-electron chi connectivity index (χ1n) is 6.60. The molecule has 0 spiro atoms. The molecule has 1 aromatic carbocycles. The average Bonchev–Trinajstić information content (AvgIpc) is 2.37. The highest BCUT2D eigenvalue weighted by molar-refractivity contribution is 5.99. The van der Waals surface area contributed by atoms with Crippen LogP contribution in [0, 0.1) is 5.82 Å². The van der Waals surface area contributed by atoms with Crippen molar-refractivity contribution in [3.63, 3.8) is 0 Å². The average molecular weight is 263 g/mol. The van der Waals surface area contributed by atoms with E-state index in [1.165, 1.54) is 6.07 Å². The van der Waals surface area contributed by atoms with E-state index in [0.29, 0.717) is 11.4 Å². The quantitative estimate of drug-likeness (QED) is 0.803.